The van der Waals surface area contributed by atoms with Crippen LogP contribution in [0.1, 0.15) is 49.2 Å². The zero-order valence-electron chi connectivity index (χ0n) is 22.3. The summed E-state index contributed by atoms with van der Waals surface area (Å²) in [4.78, 5) is 16.9. The van der Waals surface area contributed by atoms with Gasteiger partial charge in [-0.25, -0.2) is 18.2 Å². The molecule has 39 heavy (non-hydrogen) atoms. The summed E-state index contributed by atoms with van der Waals surface area (Å²) in [6, 6.07) is 20.4. The van der Waals surface area contributed by atoms with Gasteiger partial charge in [0.15, 0.2) is 0 Å². The number of sulfonamides is 1. The van der Waals surface area contributed by atoms with E-state index < -0.39 is 22.1 Å². The summed E-state index contributed by atoms with van der Waals surface area (Å²) in [7, 11) is -3.80. The van der Waals surface area contributed by atoms with Gasteiger partial charge in [-0.3, -0.25) is 4.72 Å². The number of rotatable bonds is 12. The Balaban J connectivity index is 1.40. The van der Waals surface area contributed by atoms with E-state index in [4.69, 9.17) is 4.74 Å². The number of hydrogen-bond donors (Lipinski definition) is 3. The van der Waals surface area contributed by atoms with Crippen LogP contribution in [-0.2, 0) is 21.3 Å². The van der Waals surface area contributed by atoms with Crippen molar-refractivity contribution < 1.29 is 23.1 Å². The molecule has 1 atom stereocenters. The molecule has 10 heteroatoms. The molecule has 3 aromatic carbocycles. The maximum absolute atomic E-state index is 12.8. The number of carbonyl (C=O) groups is 1. The summed E-state index contributed by atoms with van der Waals surface area (Å²) in [5.41, 5.74) is 2.33. The van der Waals surface area contributed by atoms with E-state index in [-0.39, 0.29) is 17.0 Å². The van der Waals surface area contributed by atoms with Crippen LogP contribution in [0.5, 0.6) is 0 Å². The van der Waals surface area contributed by atoms with Crippen molar-refractivity contribution >= 4 is 32.7 Å². The lowest BCUT2D eigenvalue weighted by molar-refractivity contribution is 0.0528. The molecule has 0 aliphatic carbocycles. The van der Waals surface area contributed by atoms with Gasteiger partial charge in [-0.15, -0.1) is 0 Å². The van der Waals surface area contributed by atoms with Gasteiger partial charge in [0.05, 0.1) is 40.7 Å². The van der Waals surface area contributed by atoms with Crippen molar-refractivity contribution in [2.75, 3.05) is 17.9 Å². The molecule has 9 nitrogen and oxygen atoms in total. The predicted molar refractivity (Wildman–Crippen MR) is 151 cm³/mol. The van der Waals surface area contributed by atoms with Gasteiger partial charge >= 0.3 is 5.97 Å². The van der Waals surface area contributed by atoms with Crippen molar-refractivity contribution in [2.24, 2.45) is 0 Å². The second-order valence-corrected chi connectivity index (χ2v) is 11.6. The third-order valence-corrected chi connectivity index (χ3v) is 7.90. The van der Waals surface area contributed by atoms with Gasteiger partial charge in [0.25, 0.3) is 10.0 Å². The zero-order chi connectivity index (χ0) is 28.0. The standard InChI is InChI=1S/C29H34N4O5S/c1-4-38-28(35)23-14-10-16-25-27(23)30-20-33(25)18-17-29(2,3)31-19-26(34)22-13-8-9-15-24(22)32-39(36,37)21-11-6-5-7-12-21/h5-16,20,26,31-32,34H,4,17-19H2,1-3H3. The fourth-order valence-electron chi connectivity index (χ4n) is 4.30. The fourth-order valence-corrected chi connectivity index (χ4v) is 5.40. The largest absolute Gasteiger partial charge is 0.462 e. The lowest BCUT2D eigenvalue weighted by Gasteiger charge is -2.28. The molecule has 4 aromatic rings. The second-order valence-electron chi connectivity index (χ2n) is 9.87. The number of imidazole rings is 1. The van der Waals surface area contributed by atoms with Crippen LogP contribution in [0.25, 0.3) is 11.0 Å². The van der Waals surface area contributed by atoms with Crippen LogP contribution >= 0.6 is 0 Å². The van der Waals surface area contributed by atoms with Gasteiger partial charge in [0.2, 0.25) is 0 Å². The van der Waals surface area contributed by atoms with Gasteiger partial charge in [-0.2, -0.15) is 0 Å². The average Bonchev–Trinajstić information content (AvgIpc) is 3.35. The SMILES string of the molecule is CCOC(=O)c1cccc2c1ncn2CCC(C)(C)NCC(O)c1ccccc1NS(=O)(=O)c1ccccc1. The normalized spacial score (nSPS) is 12.8. The number of fused-ring (bicyclic) bond motifs is 1. The summed E-state index contributed by atoms with van der Waals surface area (Å²) >= 11 is 0. The van der Waals surface area contributed by atoms with E-state index in [1.165, 1.54) is 12.1 Å². The highest BCUT2D eigenvalue weighted by atomic mass is 32.2. The van der Waals surface area contributed by atoms with Crippen molar-refractivity contribution in [1.29, 1.82) is 0 Å². The summed E-state index contributed by atoms with van der Waals surface area (Å²) < 4.78 is 35.4. The van der Waals surface area contributed by atoms with Gasteiger partial charge in [-0.1, -0.05) is 42.5 Å². The second kappa shape index (κ2) is 12.0. The van der Waals surface area contributed by atoms with Crippen LogP contribution in [0.2, 0.25) is 0 Å². The number of hydrogen-bond acceptors (Lipinski definition) is 7. The Morgan fingerprint density at radius 3 is 2.51 bits per heavy atom. The Morgan fingerprint density at radius 1 is 1.05 bits per heavy atom. The van der Waals surface area contributed by atoms with Crippen LogP contribution in [0, 0.1) is 0 Å². The molecule has 0 spiro atoms. The van der Waals surface area contributed by atoms with E-state index in [1.807, 2.05) is 30.5 Å². The highest BCUT2D eigenvalue weighted by molar-refractivity contribution is 7.92. The minimum Gasteiger partial charge on any atom is -0.462 e. The molecule has 0 fully saturated rings. The zero-order valence-corrected chi connectivity index (χ0v) is 23.1. The molecule has 4 rings (SSSR count). The van der Waals surface area contributed by atoms with Gasteiger partial charge < -0.3 is 19.7 Å². The van der Waals surface area contributed by atoms with Crippen LogP contribution < -0.4 is 10.0 Å². The molecule has 1 heterocycles. The van der Waals surface area contributed by atoms with Crippen LogP contribution in [0.3, 0.4) is 0 Å². The molecule has 0 aliphatic rings. The Hall–Kier alpha value is -3.73. The van der Waals surface area contributed by atoms with Crippen LogP contribution in [-0.4, -0.2) is 47.7 Å². The minimum atomic E-state index is -3.80. The number of nitrogens with zero attached hydrogens (tertiary/aromatic N) is 2. The van der Waals surface area contributed by atoms with Crippen molar-refractivity contribution in [1.82, 2.24) is 14.9 Å². The molecule has 0 saturated heterocycles. The Kier molecular flexibility index (Phi) is 8.69. The molecule has 0 saturated carbocycles. The number of aryl methyl sites for hydroxylation is 1. The third-order valence-electron chi connectivity index (χ3n) is 6.52. The maximum atomic E-state index is 12.8. The van der Waals surface area contributed by atoms with E-state index in [9.17, 15) is 18.3 Å². The first kappa shape index (κ1) is 28.3. The number of nitrogens with one attached hydrogen (secondary N) is 2. The summed E-state index contributed by atoms with van der Waals surface area (Å²) in [5.74, 6) is -0.393. The quantitative estimate of drug-likeness (QED) is 0.222. The van der Waals surface area contributed by atoms with Crippen LogP contribution in [0.4, 0.5) is 5.69 Å². The summed E-state index contributed by atoms with van der Waals surface area (Å²) in [6.07, 6.45) is 1.48. The topological polar surface area (TPSA) is 123 Å². The van der Waals surface area contributed by atoms with E-state index in [0.29, 0.717) is 41.9 Å². The van der Waals surface area contributed by atoms with Gasteiger partial charge in [0.1, 0.15) is 5.52 Å². The number of anilines is 1. The summed E-state index contributed by atoms with van der Waals surface area (Å²) in [5, 5.41) is 14.4. The molecular formula is C29H34N4O5S. The Bertz CT molecular complexity index is 1530. The number of aromatic nitrogens is 2. The maximum Gasteiger partial charge on any atom is 0.340 e. The molecule has 206 valence electrons. The first-order chi connectivity index (χ1) is 18.6. The number of β-amino-alcohol motifs (C(OH)–C–C–N with tert-alkyl or cyclic N) is 1. The molecule has 0 amide bonds. The average molecular weight is 551 g/mol. The Labute approximate surface area is 228 Å². The van der Waals surface area contributed by atoms with Gasteiger partial charge in [-0.05, 0) is 57.5 Å². The molecular weight excluding hydrogens is 516 g/mol. The number of esters is 1. The number of carbonyl (C=O) groups excluding carboxylic acids is 1. The number of para-hydroxylation sites is 2. The van der Waals surface area contributed by atoms with E-state index >= 15 is 0 Å². The number of aliphatic hydroxyl groups is 1. The number of aliphatic hydroxyl groups excluding tert-OH is 1. The number of ether oxygens (including phenoxy) is 1. The van der Waals surface area contributed by atoms with Crippen molar-refractivity contribution in [3.05, 3.63) is 90.3 Å². The number of benzene rings is 3. The fraction of sp³-hybridized carbons (Fsp3) is 0.310. The van der Waals surface area contributed by atoms with Crippen molar-refractivity contribution in [3.63, 3.8) is 0 Å². The minimum absolute atomic E-state index is 0.148. The summed E-state index contributed by atoms with van der Waals surface area (Å²) in [6.45, 7) is 6.98. The Morgan fingerprint density at radius 2 is 1.77 bits per heavy atom. The van der Waals surface area contributed by atoms with E-state index in [1.54, 1.807) is 61.8 Å². The monoisotopic (exact) mass is 550 g/mol. The molecule has 0 aliphatic heterocycles. The first-order valence-corrected chi connectivity index (χ1v) is 14.3. The highest BCUT2D eigenvalue weighted by Gasteiger charge is 2.23. The predicted octanol–water partition coefficient (Wildman–Crippen LogP) is 4.51. The van der Waals surface area contributed by atoms with E-state index in [2.05, 4.69) is 15.0 Å². The third kappa shape index (κ3) is 6.83. The lowest BCUT2D eigenvalue weighted by atomic mass is 9.99. The smallest absolute Gasteiger partial charge is 0.340 e. The van der Waals surface area contributed by atoms with E-state index in [0.717, 1.165) is 5.52 Å². The molecule has 1 aromatic heterocycles. The first-order valence-electron chi connectivity index (χ1n) is 12.8. The van der Waals surface area contributed by atoms with Crippen molar-refractivity contribution in [2.45, 2.75) is 50.3 Å². The molecule has 1 unspecified atom stereocenters. The lowest BCUT2D eigenvalue weighted by Crippen LogP contribution is -2.42. The molecule has 0 bridgehead atoms. The molecule has 0 radical (unpaired) electrons. The highest BCUT2D eigenvalue weighted by Crippen LogP contribution is 2.26. The van der Waals surface area contributed by atoms with Crippen LogP contribution in [0.15, 0.2) is 84.0 Å². The van der Waals surface area contributed by atoms with Gasteiger partial charge in [0, 0.05) is 24.2 Å². The molecule has 3 N–H and O–H groups in total. The van der Waals surface area contributed by atoms with Crippen molar-refractivity contribution in [3.8, 4) is 0 Å².